The van der Waals surface area contributed by atoms with E-state index < -0.39 is 6.10 Å². The van der Waals surface area contributed by atoms with E-state index in [-0.39, 0.29) is 30.6 Å². The van der Waals surface area contributed by atoms with Gasteiger partial charge in [0.25, 0.3) is 0 Å². The number of nitrogens with one attached hydrogen (secondary N) is 2. The van der Waals surface area contributed by atoms with Crippen molar-refractivity contribution in [3.05, 3.63) is 45.9 Å². The number of aromatic nitrogens is 1. The van der Waals surface area contributed by atoms with Gasteiger partial charge in [0.05, 0.1) is 12.2 Å². The predicted molar refractivity (Wildman–Crippen MR) is 127 cm³/mol. The van der Waals surface area contributed by atoms with Crippen LogP contribution in [0.15, 0.2) is 34.6 Å². The van der Waals surface area contributed by atoms with Gasteiger partial charge >= 0.3 is 0 Å². The van der Waals surface area contributed by atoms with Crippen LogP contribution in [0.25, 0.3) is 0 Å². The highest BCUT2D eigenvalue weighted by atomic mass is 127. The molecule has 0 aliphatic heterocycles. The third-order valence-corrected chi connectivity index (χ3v) is 4.67. The van der Waals surface area contributed by atoms with Crippen LogP contribution in [0.3, 0.4) is 0 Å². The van der Waals surface area contributed by atoms with Gasteiger partial charge in [0.1, 0.15) is 23.5 Å². The van der Waals surface area contributed by atoms with Crippen LogP contribution < -0.4 is 15.4 Å². The maximum Gasteiger partial charge on any atom is 0.191 e. The molecule has 2 aromatic rings. The van der Waals surface area contributed by atoms with E-state index >= 15 is 0 Å². The van der Waals surface area contributed by atoms with Crippen LogP contribution in [0.5, 0.6) is 5.75 Å². The molecule has 0 fully saturated rings. The molecule has 3 N–H and O–H groups in total. The lowest BCUT2D eigenvalue weighted by Crippen LogP contribution is -2.42. The average Bonchev–Trinajstić information content (AvgIpc) is 3.12. The zero-order valence-electron chi connectivity index (χ0n) is 16.9. The Kier molecular flexibility index (Phi) is 11.4. The molecule has 1 atom stereocenters. The summed E-state index contributed by atoms with van der Waals surface area (Å²) >= 11 is 1.63. The minimum Gasteiger partial charge on any atom is -0.491 e. The Labute approximate surface area is 188 Å². The smallest absolute Gasteiger partial charge is 0.191 e. The fourth-order valence-electron chi connectivity index (χ4n) is 2.32. The Bertz CT molecular complexity index is 737. The van der Waals surface area contributed by atoms with Crippen molar-refractivity contribution in [1.29, 1.82) is 0 Å². The molecule has 0 aliphatic rings. The molecule has 28 heavy (non-hydrogen) atoms. The average molecular weight is 518 g/mol. The van der Waals surface area contributed by atoms with Crippen LogP contribution in [-0.4, -0.2) is 41.9 Å². The molecule has 156 valence electrons. The van der Waals surface area contributed by atoms with Crippen LogP contribution in [0, 0.1) is 6.92 Å². The van der Waals surface area contributed by atoms with Gasteiger partial charge in [-0.2, -0.15) is 0 Å². The number of aryl methyl sites for hydroxylation is 1. The van der Waals surface area contributed by atoms with Gasteiger partial charge in [0.2, 0.25) is 0 Å². The second-order valence-electron chi connectivity index (χ2n) is 6.68. The highest BCUT2D eigenvalue weighted by Gasteiger charge is 2.08. The number of thiazole rings is 1. The first-order valence-electron chi connectivity index (χ1n) is 9.32. The van der Waals surface area contributed by atoms with Crippen LogP contribution >= 0.6 is 35.3 Å². The standard InChI is InChI=1S/C20H30N4O2S.HI/c1-5-21-20(23-11-19-24-18(13-27-19)14(2)3)22-10-16(25)12-26-17-8-6-7-15(4)9-17;/h6-9,13-14,16,25H,5,10-12H2,1-4H3,(H2,21,22,23);1H. The van der Waals surface area contributed by atoms with Gasteiger partial charge in [-0.25, -0.2) is 9.98 Å². The van der Waals surface area contributed by atoms with E-state index in [4.69, 9.17) is 4.74 Å². The maximum absolute atomic E-state index is 10.2. The highest BCUT2D eigenvalue weighted by Crippen LogP contribution is 2.18. The summed E-state index contributed by atoms with van der Waals surface area (Å²) in [4.78, 5) is 9.14. The predicted octanol–water partition coefficient (Wildman–Crippen LogP) is 3.69. The molecule has 1 aromatic heterocycles. The molecule has 2 rings (SSSR count). The van der Waals surface area contributed by atoms with E-state index in [1.165, 1.54) is 0 Å². The lowest BCUT2D eigenvalue weighted by atomic mass is 10.2. The molecule has 0 saturated carbocycles. The summed E-state index contributed by atoms with van der Waals surface area (Å²) in [7, 11) is 0. The van der Waals surface area contributed by atoms with Crippen LogP contribution in [0.1, 0.15) is 43.0 Å². The van der Waals surface area contributed by atoms with Gasteiger partial charge in [-0.15, -0.1) is 35.3 Å². The molecule has 0 radical (unpaired) electrons. The summed E-state index contributed by atoms with van der Waals surface area (Å²) in [6.07, 6.45) is -0.637. The van der Waals surface area contributed by atoms with E-state index in [2.05, 4.69) is 39.8 Å². The largest absolute Gasteiger partial charge is 0.491 e. The first kappa shape index (κ1) is 24.6. The Morgan fingerprint density at radius 3 is 2.75 bits per heavy atom. The van der Waals surface area contributed by atoms with Crippen LogP contribution in [-0.2, 0) is 6.54 Å². The molecule has 0 saturated heterocycles. The second kappa shape index (κ2) is 12.9. The fraction of sp³-hybridized carbons (Fsp3) is 0.500. The van der Waals surface area contributed by atoms with Gasteiger partial charge in [-0.05, 0) is 37.5 Å². The molecular formula is C20H31IN4O2S. The van der Waals surface area contributed by atoms with E-state index in [9.17, 15) is 5.11 Å². The number of hydrogen-bond donors (Lipinski definition) is 3. The van der Waals surface area contributed by atoms with Crippen molar-refractivity contribution in [2.24, 2.45) is 4.99 Å². The minimum absolute atomic E-state index is 0. The van der Waals surface area contributed by atoms with Crippen molar-refractivity contribution in [1.82, 2.24) is 15.6 Å². The number of guanidine groups is 1. The number of hydrogen-bond acceptors (Lipinski definition) is 5. The van der Waals surface area contributed by atoms with E-state index in [1.807, 2.05) is 38.1 Å². The first-order valence-corrected chi connectivity index (χ1v) is 10.2. The molecular weight excluding hydrogens is 487 g/mol. The number of benzene rings is 1. The second-order valence-corrected chi connectivity index (χ2v) is 7.62. The summed E-state index contributed by atoms with van der Waals surface area (Å²) in [6, 6.07) is 7.79. The molecule has 0 amide bonds. The first-order chi connectivity index (χ1) is 13.0. The van der Waals surface area contributed by atoms with Gasteiger partial charge < -0.3 is 20.5 Å². The SMILES string of the molecule is CCNC(=NCc1nc(C(C)C)cs1)NCC(O)COc1cccc(C)c1.I. The summed E-state index contributed by atoms with van der Waals surface area (Å²) in [5.41, 5.74) is 2.23. The molecule has 1 heterocycles. The Morgan fingerprint density at radius 1 is 1.32 bits per heavy atom. The van der Waals surface area contributed by atoms with Gasteiger partial charge in [0.15, 0.2) is 5.96 Å². The van der Waals surface area contributed by atoms with E-state index in [0.29, 0.717) is 25.0 Å². The number of rotatable bonds is 9. The van der Waals surface area contributed by atoms with Crippen LogP contribution in [0.4, 0.5) is 0 Å². The third kappa shape index (κ3) is 8.74. The van der Waals surface area contributed by atoms with Crippen molar-refractivity contribution < 1.29 is 9.84 Å². The van der Waals surface area contributed by atoms with Gasteiger partial charge in [0, 0.05) is 18.5 Å². The molecule has 0 aliphatic carbocycles. The Balaban J connectivity index is 0.00000392. The Hall–Kier alpha value is -1.39. The van der Waals surface area contributed by atoms with Crippen molar-refractivity contribution in [3.63, 3.8) is 0 Å². The Morgan fingerprint density at radius 2 is 2.11 bits per heavy atom. The normalized spacial score (nSPS) is 12.4. The van der Waals surface area contributed by atoms with E-state index in [1.54, 1.807) is 11.3 Å². The lowest BCUT2D eigenvalue weighted by Gasteiger charge is -2.16. The molecule has 8 heteroatoms. The third-order valence-electron chi connectivity index (χ3n) is 3.81. The van der Waals surface area contributed by atoms with Crippen molar-refractivity contribution in [3.8, 4) is 5.75 Å². The number of halogens is 1. The number of nitrogens with zero attached hydrogens (tertiary/aromatic N) is 2. The summed E-state index contributed by atoms with van der Waals surface area (Å²) in [5.74, 6) is 1.85. The molecule has 1 aromatic carbocycles. The summed E-state index contributed by atoms with van der Waals surface area (Å²) in [6.45, 7) is 10.1. The number of aliphatic hydroxyl groups is 1. The number of ether oxygens (including phenoxy) is 1. The van der Waals surface area contributed by atoms with Gasteiger partial charge in [-0.3, -0.25) is 0 Å². The molecule has 6 nitrogen and oxygen atoms in total. The monoisotopic (exact) mass is 518 g/mol. The van der Waals surface area contributed by atoms with Crippen LogP contribution in [0.2, 0.25) is 0 Å². The number of aliphatic hydroxyl groups excluding tert-OH is 1. The highest BCUT2D eigenvalue weighted by molar-refractivity contribution is 14.0. The quantitative estimate of drug-likeness (QED) is 0.268. The maximum atomic E-state index is 10.2. The topological polar surface area (TPSA) is 78.8 Å². The lowest BCUT2D eigenvalue weighted by molar-refractivity contribution is 0.110. The molecule has 1 unspecified atom stereocenters. The molecule has 0 spiro atoms. The summed E-state index contributed by atoms with van der Waals surface area (Å²) in [5, 5.41) is 19.6. The van der Waals surface area contributed by atoms with Crippen molar-refractivity contribution in [2.75, 3.05) is 19.7 Å². The zero-order valence-corrected chi connectivity index (χ0v) is 20.1. The van der Waals surface area contributed by atoms with Crippen molar-refractivity contribution >= 4 is 41.3 Å². The number of aliphatic imine (C=N–C) groups is 1. The minimum atomic E-state index is -0.637. The van der Waals surface area contributed by atoms with Gasteiger partial charge in [-0.1, -0.05) is 26.0 Å². The summed E-state index contributed by atoms with van der Waals surface area (Å²) < 4.78 is 5.64. The molecule has 0 bridgehead atoms. The zero-order chi connectivity index (χ0) is 19.6. The van der Waals surface area contributed by atoms with Crippen molar-refractivity contribution in [2.45, 2.75) is 46.3 Å². The fourth-order valence-corrected chi connectivity index (χ4v) is 3.20. The van der Waals surface area contributed by atoms with E-state index in [0.717, 1.165) is 28.6 Å².